The first-order valence-corrected chi connectivity index (χ1v) is 5.03. The molecule has 0 bridgehead atoms. The van der Waals surface area contributed by atoms with E-state index in [-0.39, 0.29) is 0 Å². The summed E-state index contributed by atoms with van der Waals surface area (Å²) in [7, 11) is 2.76. The summed E-state index contributed by atoms with van der Waals surface area (Å²) in [6.07, 6.45) is -0.771. The highest BCUT2D eigenvalue weighted by Crippen LogP contribution is 2.17. The second-order valence-corrected chi connectivity index (χ2v) is 3.62. The van der Waals surface area contributed by atoms with Gasteiger partial charge in [-0.2, -0.15) is 0 Å². The summed E-state index contributed by atoms with van der Waals surface area (Å²) in [4.78, 5) is 11.4. The van der Waals surface area contributed by atoms with Gasteiger partial charge in [-0.25, -0.2) is 4.79 Å². The summed E-state index contributed by atoms with van der Waals surface area (Å²) in [5.74, 6) is -0.462. The van der Waals surface area contributed by atoms with E-state index in [1.807, 2.05) is 31.2 Å². The average molecular weight is 223 g/mol. The van der Waals surface area contributed by atoms with E-state index < -0.39 is 18.1 Å². The topological polar surface area (TPSA) is 61.5 Å². The molecule has 88 valence electrons. The summed E-state index contributed by atoms with van der Waals surface area (Å²) < 4.78 is 9.68. The minimum Gasteiger partial charge on any atom is -0.467 e. The van der Waals surface area contributed by atoms with E-state index in [1.54, 1.807) is 0 Å². The molecule has 0 amide bonds. The first-order valence-electron chi connectivity index (χ1n) is 5.03. The normalized spacial score (nSPS) is 14.2. The van der Waals surface area contributed by atoms with Gasteiger partial charge in [0, 0.05) is 7.11 Å². The van der Waals surface area contributed by atoms with E-state index in [0.717, 1.165) is 11.1 Å². The number of aryl methyl sites for hydroxylation is 1. The summed E-state index contributed by atoms with van der Waals surface area (Å²) in [6, 6.07) is 7.14. The zero-order valence-electron chi connectivity index (χ0n) is 9.77. The van der Waals surface area contributed by atoms with Gasteiger partial charge in [0.15, 0.2) is 6.10 Å². The van der Waals surface area contributed by atoms with Crippen molar-refractivity contribution in [2.75, 3.05) is 14.2 Å². The van der Waals surface area contributed by atoms with Crippen molar-refractivity contribution < 1.29 is 14.3 Å². The van der Waals surface area contributed by atoms with E-state index in [9.17, 15) is 4.79 Å². The lowest BCUT2D eigenvalue weighted by molar-refractivity contribution is -0.153. The van der Waals surface area contributed by atoms with Crippen LogP contribution in [0.2, 0.25) is 0 Å². The Kier molecular flexibility index (Phi) is 4.46. The average Bonchev–Trinajstić information content (AvgIpc) is 2.30. The second kappa shape index (κ2) is 5.63. The lowest BCUT2D eigenvalue weighted by Crippen LogP contribution is -2.36. The molecule has 0 spiro atoms. The number of carbonyl (C=O) groups excluding carboxylic acids is 1. The van der Waals surface area contributed by atoms with Gasteiger partial charge >= 0.3 is 5.97 Å². The van der Waals surface area contributed by atoms with Crippen molar-refractivity contribution in [3.8, 4) is 0 Å². The van der Waals surface area contributed by atoms with Crippen LogP contribution >= 0.6 is 0 Å². The molecule has 0 saturated carbocycles. The maximum absolute atomic E-state index is 11.4. The molecule has 0 saturated heterocycles. The van der Waals surface area contributed by atoms with E-state index in [2.05, 4.69) is 4.74 Å². The molecule has 0 aliphatic heterocycles. The number of carbonyl (C=O) groups is 1. The molecule has 0 aliphatic carbocycles. The summed E-state index contributed by atoms with van der Waals surface area (Å²) >= 11 is 0. The minimum absolute atomic E-state index is 0.462. The van der Waals surface area contributed by atoms with Crippen molar-refractivity contribution in [2.45, 2.75) is 19.1 Å². The van der Waals surface area contributed by atoms with Crippen molar-refractivity contribution in [2.24, 2.45) is 5.73 Å². The molecule has 0 unspecified atom stereocenters. The Morgan fingerprint density at radius 2 is 1.81 bits per heavy atom. The van der Waals surface area contributed by atoms with Crippen LogP contribution in [0.25, 0.3) is 0 Å². The SMILES string of the molecule is COC(=O)[C@@H](OC)[C@@H](N)c1ccc(C)cc1. The molecule has 0 aromatic heterocycles. The molecule has 0 heterocycles. The zero-order valence-corrected chi connectivity index (χ0v) is 9.77. The molecule has 4 nitrogen and oxygen atoms in total. The molecule has 4 heteroatoms. The van der Waals surface area contributed by atoms with Crippen LogP contribution in [0.15, 0.2) is 24.3 Å². The van der Waals surface area contributed by atoms with Crippen LogP contribution in [0.4, 0.5) is 0 Å². The van der Waals surface area contributed by atoms with Crippen LogP contribution < -0.4 is 5.73 Å². The lowest BCUT2D eigenvalue weighted by Gasteiger charge is -2.20. The van der Waals surface area contributed by atoms with Gasteiger partial charge in [0.05, 0.1) is 13.2 Å². The van der Waals surface area contributed by atoms with Crippen LogP contribution in [0.3, 0.4) is 0 Å². The molecule has 1 aromatic carbocycles. The summed E-state index contributed by atoms with van der Waals surface area (Å²) in [5.41, 5.74) is 7.94. The van der Waals surface area contributed by atoms with Crippen LogP contribution in [-0.4, -0.2) is 26.3 Å². The molecular formula is C12H17NO3. The second-order valence-electron chi connectivity index (χ2n) is 3.62. The molecular weight excluding hydrogens is 206 g/mol. The molecule has 1 rings (SSSR count). The number of hydrogen-bond donors (Lipinski definition) is 1. The monoisotopic (exact) mass is 223 g/mol. The standard InChI is InChI=1S/C12H17NO3/c1-8-4-6-9(7-5-8)10(13)11(15-2)12(14)16-3/h4-7,10-11H,13H2,1-3H3/t10-,11-/m0/s1. The summed E-state index contributed by atoms with van der Waals surface area (Å²) in [6.45, 7) is 1.99. The van der Waals surface area contributed by atoms with Crippen molar-refractivity contribution in [3.05, 3.63) is 35.4 Å². The highest BCUT2D eigenvalue weighted by atomic mass is 16.6. The van der Waals surface area contributed by atoms with Crippen LogP contribution in [0.1, 0.15) is 17.2 Å². The number of nitrogens with two attached hydrogens (primary N) is 1. The van der Waals surface area contributed by atoms with Gasteiger partial charge in [0.1, 0.15) is 0 Å². The highest BCUT2D eigenvalue weighted by molar-refractivity contribution is 5.75. The van der Waals surface area contributed by atoms with E-state index in [4.69, 9.17) is 10.5 Å². The van der Waals surface area contributed by atoms with E-state index in [0.29, 0.717) is 0 Å². The predicted molar refractivity (Wildman–Crippen MR) is 60.9 cm³/mol. The first-order chi connectivity index (χ1) is 7.60. The first kappa shape index (κ1) is 12.7. The molecule has 2 atom stereocenters. The molecule has 16 heavy (non-hydrogen) atoms. The van der Waals surface area contributed by atoms with Crippen molar-refractivity contribution in [3.63, 3.8) is 0 Å². The Morgan fingerprint density at radius 3 is 2.25 bits per heavy atom. The largest absolute Gasteiger partial charge is 0.467 e. The number of methoxy groups -OCH3 is 2. The number of benzene rings is 1. The van der Waals surface area contributed by atoms with Gasteiger partial charge in [-0.05, 0) is 12.5 Å². The predicted octanol–water partition coefficient (Wildman–Crippen LogP) is 1.18. The van der Waals surface area contributed by atoms with Gasteiger partial charge < -0.3 is 15.2 Å². The summed E-state index contributed by atoms with van der Waals surface area (Å²) in [5, 5.41) is 0. The van der Waals surface area contributed by atoms with Gasteiger partial charge in [-0.3, -0.25) is 0 Å². The minimum atomic E-state index is -0.771. The molecule has 0 aliphatic rings. The van der Waals surface area contributed by atoms with Crippen LogP contribution in [0.5, 0.6) is 0 Å². The Balaban J connectivity index is 2.86. The lowest BCUT2D eigenvalue weighted by atomic mass is 10.0. The molecule has 0 radical (unpaired) electrons. The fourth-order valence-corrected chi connectivity index (χ4v) is 1.47. The molecule has 2 N–H and O–H groups in total. The number of esters is 1. The van der Waals surface area contributed by atoms with Crippen molar-refractivity contribution in [1.82, 2.24) is 0 Å². The zero-order chi connectivity index (χ0) is 12.1. The third-order valence-electron chi connectivity index (χ3n) is 2.48. The maximum Gasteiger partial charge on any atom is 0.336 e. The Labute approximate surface area is 95.3 Å². The van der Waals surface area contributed by atoms with Crippen LogP contribution in [0, 0.1) is 6.92 Å². The third kappa shape index (κ3) is 2.81. The fourth-order valence-electron chi connectivity index (χ4n) is 1.47. The number of hydrogen-bond acceptors (Lipinski definition) is 4. The van der Waals surface area contributed by atoms with Crippen molar-refractivity contribution >= 4 is 5.97 Å². The van der Waals surface area contributed by atoms with Crippen LogP contribution in [-0.2, 0) is 14.3 Å². The van der Waals surface area contributed by atoms with Gasteiger partial charge in [0.2, 0.25) is 0 Å². The van der Waals surface area contributed by atoms with Gasteiger partial charge in [0.25, 0.3) is 0 Å². The Hall–Kier alpha value is -1.39. The number of rotatable bonds is 4. The number of ether oxygens (including phenoxy) is 2. The molecule has 0 fully saturated rings. The third-order valence-corrected chi connectivity index (χ3v) is 2.48. The van der Waals surface area contributed by atoms with E-state index >= 15 is 0 Å². The van der Waals surface area contributed by atoms with Crippen molar-refractivity contribution in [1.29, 1.82) is 0 Å². The Morgan fingerprint density at radius 1 is 1.25 bits per heavy atom. The maximum atomic E-state index is 11.4. The quantitative estimate of drug-likeness (QED) is 0.779. The van der Waals surface area contributed by atoms with E-state index in [1.165, 1.54) is 14.2 Å². The van der Waals surface area contributed by atoms with Gasteiger partial charge in [-0.1, -0.05) is 29.8 Å². The highest BCUT2D eigenvalue weighted by Gasteiger charge is 2.27. The fraction of sp³-hybridized carbons (Fsp3) is 0.417. The molecule has 1 aromatic rings. The van der Waals surface area contributed by atoms with Gasteiger partial charge in [-0.15, -0.1) is 0 Å². The smallest absolute Gasteiger partial charge is 0.336 e. The Bertz CT molecular complexity index is 348.